The fraction of sp³-hybridized carbons (Fsp3) is 0. The maximum Gasteiger partial charge on any atom is 0.197 e. The molecule has 1 aliphatic carbocycles. The van der Waals surface area contributed by atoms with E-state index >= 15 is 0 Å². The van der Waals surface area contributed by atoms with Crippen molar-refractivity contribution in [1.29, 1.82) is 5.26 Å². The van der Waals surface area contributed by atoms with E-state index in [0.717, 1.165) is 5.56 Å². The number of allylic oxidation sites excluding steroid dienone is 1. The van der Waals surface area contributed by atoms with Crippen molar-refractivity contribution in [3.8, 4) is 17.4 Å². The molecule has 0 atom stereocenters. The molecule has 5 nitrogen and oxygen atoms in total. The summed E-state index contributed by atoms with van der Waals surface area (Å²) in [7, 11) is 0. The highest BCUT2D eigenvalue weighted by Gasteiger charge is 2.34. The van der Waals surface area contributed by atoms with E-state index in [1.54, 1.807) is 36.4 Å². The topological polar surface area (TPSA) is 84.2 Å². The van der Waals surface area contributed by atoms with E-state index in [2.05, 4.69) is 6.07 Å². The lowest BCUT2D eigenvalue weighted by Gasteiger charge is -1.98. The van der Waals surface area contributed by atoms with Crippen LogP contribution in [0.5, 0.6) is 0 Å². The van der Waals surface area contributed by atoms with E-state index < -0.39 is 11.6 Å². The van der Waals surface area contributed by atoms with E-state index in [9.17, 15) is 9.59 Å². The number of hydrogen-bond donors (Lipinski definition) is 0. The highest BCUT2D eigenvalue weighted by molar-refractivity contribution is 6.46. The molecule has 5 rings (SSSR count). The monoisotopic (exact) mass is 433 g/mol. The van der Waals surface area contributed by atoms with E-state index in [-0.39, 0.29) is 26.7 Å². The number of rotatable bonds is 2. The van der Waals surface area contributed by atoms with Crippen molar-refractivity contribution >= 4 is 52.0 Å². The summed E-state index contributed by atoms with van der Waals surface area (Å²) in [5.41, 5.74) is 2.72. The molecule has 0 radical (unpaired) electrons. The summed E-state index contributed by atoms with van der Waals surface area (Å²) in [5, 5.41) is 9.32. The van der Waals surface area contributed by atoms with E-state index in [1.807, 2.05) is 0 Å². The van der Waals surface area contributed by atoms with Crippen LogP contribution in [0, 0.1) is 11.3 Å². The Morgan fingerprint density at radius 1 is 0.833 bits per heavy atom. The minimum Gasteiger partial charge on any atom is -0.453 e. The second-order valence-electron chi connectivity index (χ2n) is 6.71. The fourth-order valence-electron chi connectivity index (χ4n) is 3.37. The largest absolute Gasteiger partial charge is 0.453 e. The zero-order valence-electron chi connectivity index (χ0n) is 15.0. The van der Waals surface area contributed by atoms with Crippen LogP contribution in [0.15, 0.2) is 62.9 Å². The smallest absolute Gasteiger partial charge is 0.197 e. The summed E-state index contributed by atoms with van der Waals surface area (Å²) in [6.45, 7) is 0. The van der Waals surface area contributed by atoms with Gasteiger partial charge in [-0.1, -0.05) is 23.2 Å². The first-order valence-corrected chi connectivity index (χ1v) is 9.54. The van der Waals surface area contributed by atoms with Crippen LogP contribution in [0.1, 0.15) is 32.0 Å². The van der Waals surface area contributed by atoms with Gasteiger partial charge < -0.3 is 8.83 Å². The molecule has 0 saturated heterocycles. The number of fused-ring (bicyclic) bond motifs is 2. The van der Waals surface area contributed by atoms with Crippen LogP contribution in [0.3, 0.4) is 0 Å². The molecular weight excluding hydrogens is 425 g/mol. The van der Waals surface area contributed by atoms with Crippen LogP contribution < -0.4 is 0 Å². The SMILES string of the molecule is N#Cc1ccc(-c2cc3oc(C=C4C(=O)c5cc(Cl)c(Cl)cc5C4=O)cc3o2)cc1. The molecular formula is C23H9Cl2NO4. The third-order valence-electron chi connectivity index (χ3n) is 4.85. The van der Waals surface area contributed by atoms with Gasteiger partial charge in [-0.2, -0.15) is 5.26 Å². The van der Waals surface area contributed by atoms with Crippen molar-refractivity contribution in [1.82, 2.24) is 0 Å². The minimum atomic E-state index is -0.431. The molecule has 0 fully saturated rings. The molecule has 30 heavy (non-hydrogen) atoms. The van der Waals surface area contributed by atoms with Gasteiger partial charge in [0.05, 0.1) is 27.3 Å². The Bertz CT molecular complexity index is 1370. The van der Waals surface area contributed by atoms with Crippen LogP contribution in [-0.2, 0) is 0 Å². The predicted molar refractivity (Wildman–Crippen MR) is 112 cm³/mol. The van der Waals surface area contributed by atoms with Crippen molar-refractivity contribution in [3.05, 3.63) is 86.6 Å². The molecule has 0 aliphatic heterocycles. The number of carbonyl (C=O) groups is 2. The van der Waals surface area contributed by atoms with E-state index in [0.29, 0.717) is 28.2 Å². The molecule has 0 bridgehead atoms. The van der Waals surface area contributed by atoms with Crippen LogP contribution in [-0.4, -0.2) is 11.6 Å². The maximum atomic E-state index is 12.6. The lowest BCUT2D eigenvalue weighted by molar-refractivity contribution is 0.0990. The van der Waals surface area contributed by atoms with Crippen LogP contribution in [0.2, 0.25) is 10.0 Å². The number of nitriles is 1. The molecule has 0 spiro atoms. The number of benzene rings is 2. The molecule has 7 heteroatoms. The second-order valence-corrected chi connectivity index (χ2v) is 7.52. The molecule has 0 amide bonds. The average Bonchev–Trinajstić information content (AvgIpc) is 3.37. The highest BCUT2D eigenvalue weighted by atomic mass is 35.5. The molecule has 144 valence electrons. The van der Waals surface area contributed by atoms with E-state index in [4.69, 9.17) is 37.3 Å². The molecule has 1 aliphatic rings. The first-order valence-electron chi connectivity index (χ1n) is 8.78. The Balaban J connectivity index is 1.49. The van der Waals surface area contributed by atoms with Gasteiger partial charge in [-0.15, -0.1) is 0 Å². The van der Waals surface area contributed by atoms with Crippen molar-refractivity contribution < 1.29 is 18.4 Å². The zero-order chi connectivity index (χ0) is 21.0. The number of Topliss-reactive ketones (excluding diaryl/α,β-unsaturated/α-hetero) is 2. The quantitative estimate of drug-likeness (QED) is 0.272. The Kier molecular flexibility index (Phi) is 4.14. The first kappa shape index (κ1) is 18.4. The maximum absolute atomic E-state index is 12.6. The van der Waals surface area contributed by atoms with Gasteiger partial charge in [0.1, 0.15) is 11.5 Å². The molecule has 0 unspecified atom stereocenters. The van der Waals surface area contributed by atoms with Gasteiger partial charge in [-0.3, -0.25) is 9.59 Å². The Hall–Kier alpha value is -3.59. The third kappa shape index (κ3) is 2.86. The summed E-state index contributed by atoms with van der Waals surface area (Å²) in [5.74, 6) is 0.0358. The highest BCUT2D eigenvalue weighted by Crippen LogP contribution is 2.35. The Labute approximate surface area is 179 Å². The second kappa shape index (κ2) is 6.74. The van der Waals surface area contributed by atoms with Gasteiger partial charge >= 0.3 is 0 Å². The first-order chi connectivity index (χ1) is 14.4. The van der Waals surface area contributed by atoms with Gasteiger partial charge in [-0.05, 0) is 42.5 Å². The predicted octanol–water partition coefficient (Wildman–Crippen LogP) is 6.33. The number of hydrogen-bond acceptors (Lipinski definition) is 5. The van der Waals surface area contributed by atoms with Gasteiger partial charge in [0.15, 0.2) is 22.7 Å². The molecule has 0 N–H and O–H groups in total. The third-order valence-corrected chi connectivity index (χ3v) is 5.57. The minimum absolute atomic E-state index is 0.0212. The molecule has 2 heterocycles. The van der Waals surface area contributed by atoms with Crippen molar-refractivity contribution in [2.24, 2.45) is 0 Å². The van der Waals surface area contributed by atoms with Crippen LogP contribution in [0.4, 0.5) is 0 Å². The summed E-state index contributed by atoms with van der Waals surface area (Å²) in [6, 6.07) is 15.1. The number of halogens is 2. The van der Waals surface area contributed by atoms with Gasteiger partial charge in [0.25, 0.3) is 0 Å². The van der Waals surface area contributed by atoms with Crippen LogP contribution in [0.25, 0.3) is 28.6 Å². The van der Waals surface area contributed by atoms with Gasteiger partial charge in [0.2, 0.25) is 0 Å². The number of furan rings is 2. The standard InChI is InChI=1S/C23H9Cl2NO4/c24-17-7-14-15(8-18(17)25)23(28)16(22(14)27)5-13-6-20-21(29-13)9-19(30-20)12-3-1-11(10-26)2-4-12/h1-9H. The molecule has 0 saturated carbocycles. The van der Waals surface area contributed by atoms with Crippen LogP contribution >= 0.6 is 23.2 Å². The molecule has 2 aromatic heterocycles. The van der Waals surface area contributed by atoms with Crippen molar-refractivity contribution in [2.75, 3.05) is 0 Å². The summed E-state index contributed by atoms with van der Waals surface area (Å²) < 4.78 is 11.5. The summed E-state index contributed by atoms with van der Waals surface area (Å²) >= 11 is 11.9. The number of nitrogens with zero attached hydrogens (tertiary/aromatic N) is 1. The summed E-state index contributed by atoms with van der Waals surface area (Å²) in [4.78, 5) is 25.3. The molecule has 2 aromatic carbocycles. The normalized spacial score (nSPS) is 13.0. The lowest BCUT2D eigenvalue weighted by Crippen LogP contribution is -1.99. The number of carbonyl (C=O) groups excluding carboxylic acids is 2. The number of ketones is 2. The van der Waals surface area contributed by atoms with Crippen molar-refractivity contribution in [3.63, 3.8) is 0 Å². The molecule has 4 aromatic rings. The van der Waals surface area contributed by atoms with E-state index in [1.165, 1.54) is 18.2 Å². The van der Waals surface area contributed by atoms with Crippen molar-refractivity contribution in [2.45, 2.75) is 0 Å². The average molecular weight is 434 g/mol. The zero-order valence-corrected chi connectivity index (χ0v) is 16.5. The Morgan fingerprint density at radius 3 is 2.00 bits per heavy atom. The lowest BCUT2D eigenvalue weighted by atomic mass is 10.1. The van der Waals surface area contributed by atoms with Gasteiger partial charge in [-0.25, -0.2) is 0 Å². The summed E-state index contributed by atoms with van der Waals surface area (Å²) in [6.07, 6.45) is 1.39. The fourth-order valence-corrected chi connectivity index (χ4v) is 3.69. The Morgan fingerprint density at radius 2 is 1.43 bits per heavy atom. The van der Waals surface area contributed by atoms with Gasteiger partial charge in [0, 0.05) is 28.8 Å².